The number of benzene rings is 2. The molecule has 2 amide bonds. The van der Waals surface area contributed by atoms with Gasteiger partial charge in [-0.25, -0.2) is 9.48 Å². The number of amides is 2. The molecule has 0 atom stereocenters. The lowest BCUT2D eigenvalue weighted by Gasteiger charge is -2.34. The Morgan fingerprint density at radius 1 is 1.05 bits per heavy atom. The van der Waals surface area contributed by atoms with Crippen molar-refractivity contribution in [2.75, 3.05) is 19.9 Å². The predicted octanol–water partition coefficient (Wildman–Crippen LogP) is 5.26. The first-order valence-electron chi connectivity index (χ1n) is 13.4. The average Bonchev–Trinajstić information content (AvgIpc) is 3.53. The molecule has 2 aliphatic rings. The number of ether oxygens (including phenoxy) is 3. The summed E-state index contributed by atoms with van der Waals surface area (Å²) in [7, 11) is 0. The van der Waals surface area contributed by atoms with Gasteiger partial charge in [-0.3, -0.25) is 4.79 Å². The Morgan fingerprint density at radius 2 is 1.74 bits per heavy atom. The second-order valence-corrected chi connectivity index (χ2v) is 11.2. The molecule has 0 saturated carbocycles. The van der Waals surface area contributed by atoms with Gasteiger partial charge in [-0.1, -0.05) is 24.3 Å². The Morgan fingerprint density at radius 3 is 2.44 bits per heavy atom. The lowest BCUT2D eigenvalue weighted by Crippen LogP contribution is -2.41. The molecule has 0 bridgehead atoms. The summed E-state index contributed by atoms with van der Waals surface area (Å²) in [5.74, 6) is 1.26. The molecule has 1 aromatic heterocycles. The molecule has 0 spiro atoms. The topological polar surface area (TPSA) is 94.9 Å². The maximum Gasteiger partial charge on any atom is 0.410 e. The van der Waals surface area contributed by atoms with E-state index in [1.807, 2.05) is 49.7 Å². The van der Waals surface area contributed by atoms with Crippen LogP contribution in [0.1, 0.15) is 72.3 Å². The fraction of sp³-hybridized carbons (Fsp3) is 0.433. The second-order valence-electron chi connectivity index (χ2n) is 11.2. The van der Waals surface area contributed by atoms with E-state index in [0.717, 1.165) is 28.1 Å². The van der Waals surface area contributed by atoms with E-state index in [1.54, 1.807) is 11.1 Å². The largest absolute Gasteiger partial charge is 0.454 e. The van der Waals surface area contributed by atoms with E-state index >= 15 is 0 Å². The number of carbonyl (C=O) groups excluding carboxylic acids is 2. The number of rotatable bonds is 5. The van der Waals surface area contributed by atoms with Gasteiger partial charge in [-0.15, -0.1) is 0 Å². The molecule has 3 aromatic rings. The van der Waals surface area contributed by atoms with Crippen LogP contribution in [-0.4, -0.2) is 52.2 Å². The zero-order chi connectivity index (χ0) is 27.7. The summed E-state index contributed by atoms with van der Waals surface area (Å²) in [4.78, 5) is 28.0. The van der Waals surface area contributed by atoms with E-state index in [2.05, 4.69) is 31.3 Å². The molecule has 2 aliphatic heterocycles. The lowest BCUT2D eigenvalue weighted by molar-refractivity contribution is 0.0203. The number of nitrogens with one attached hydrogen (secondary N) is 1. The first kappa shape index (κ1) is 26.6. The first-order chi connectivity index (χ1) is 18.6. The normalized spacial score (nSPS) is 15.4. The number of aryl methyl sites for hydroxylation is 2. The quantitative estimate of drug-likeness (QED) is 0.482. The van der Waals surface area contributed by atoms with Crippen LogP contribution in [0.4, 0.5) is 4.79 Å². The van der Waals surface area contributed by atoms with E-state index in [0.29, 0.717) is 49.5 Å². The summed E-state index contributed by atoms with van der Waals surface area (Å²) >= 11 is 0. The van der Waals surface area contributed by atoms with Gasteiger partial charge in [-0.2, -0.15) is 5.10 Å². The maximum atomic E-state index is 13.6. The highest BCUT2D eigenvalue weighted by Gasteiger charge is 2.32. The number of piperidine rings is 1. The standard InChI is InChI=1S/C30H36N4O5/c1-19-7-6-8-20(2)26(19)34-27(22-11-13-33(14-12-22)29(36)39-30(3,4)5)23(17-32-34)28(35)31-16-21-9-10-24-25(15-21)38-18-37-24/h6-10,15,17,22H,11-14,16,18H2,1-5H3,(H,31,35). The minimum Gasteiger partial charge on any atom is -0.454 e. The van der Waals surface area contributed by atoms with Crippen molar-refractivity contribution in [3.05, 3.63) is 70.5 Å². The summed E-state index contributed by atoms with van der Waals surface area (Å²) in [5.41, 5.74) is 4.95. The van der Waals surface area contributed by atoms with Gasteiger partial charge in [0.15, 0.2) is 11.5 Å². The third-order valence-electron chi connectivity index (χ3n) is 7.13. The molecule has 1 fully saturated rings. The summed E-state index contributed by atoms with van der Waals surface area (Å²) in [6, 6.07) is 11.8. The highest BCUT2D eigenvalue weighted by atomic mass is 16.7. The molecule has 9 nitrogen and oxygen atoms in total. The molecule has 9 heteroatoms. The Hall–Kier alpha value is -4.01. The second kappa shape index (κ2) is 10.6. The number of likely N-dealkylation sites (tertiary alicyclic amines) is 1. The fourth-order valence-corrected chi connectivity index (χ4v) is 5.23. The van der Waals surface area contributed by atoms with Crippen molar-refractivity contribution in [3.8, 4) is 17.2 Å². The number of nitrogens with zero attached hydrogens (tertiary/aromatic N) is 3. The summed E-state index contributed by atoms with van der Waals surface area (Å²) in [6.45, 7) is 11.4. The van der Waals surface area contributed by atoms with Crippen LogP contribution in [-0.2, 0) is 11.3 Å². The average molecular weight is 533 g/mol. The van der Waals surface area contributed by atoms with Gasteiger partial charge >= 0.3 is 6.09 Å². The molecule has 1 N–H and O–H groups in total. The molecule has 0 radical (unpaired) electrons. The van der Waals surface area contributed by atoms with E-state index in [1.165, 1.54) is 0 Å². The molecular weight excluding hydrogens is 496 g/mol. The van der Waals surface area contributed by atoms with Crippen molar-refractivity contribution in [2.24, 2.45) is 0 Å². The summed E-state index contributed by atoms with van der Waals surface area (Å²) in [5, 5.41) is 7.78. The van der Waals surface area contributed by atoms with E-state index in [4.69, 9.17) is 19.3 Å². The van der Waals surface area contributed by atoms with Crippen LogP contribution in [0.25, 0.3) is 5.69 Å². The third kappa shape index (κ3) is 5.72. The highest BCUT2D eigenvalue weighted by molar-refractivity contribution is 5.95. The number of hydrogen-bond donors (Lipinski definition) is 1. The Kier molecular flexibility index (Phi) is 7.25. The van der Waals surface area contributed by atoms with Crippen LogP contribution < -0.4 is 14.8 Å². The zero-order valence-corrected chi connectivity index (χ0v) is 23.2. The van der Waals surface area contributed by atoms with Crippen molar-refractivity contribution in [1.29, 1.82) is 0 Å². The van der Waals surface area contributed by atoms with E-state index < -0.39 is 5.60 Å². The van der Waals surface area contributed by atoms with Gasteiger partial charge in [0.25, 0.3) is 5.91 Å². The van der Waals surface area contributed by atoms with Crippen LogP contribution in [0.2, 0.25) is 0 Å². The minimum atomic E-state index is -0.543. The van der Waals surface area contributed by atoms with Gasteiger partial charge in [0.1, 0.15) is 5.60 Å². The Labute approximate surface area is 229 Å². The fourth-order valence-electron chi connectivity index (χ4n) is 5.23. The number of hydrogen-bond acceptors (Lipinski definition) is 6. The van der Waals surface area contributed by atoms with Crippen molar-refractivity contribution in [1.82, 2.24) is 20.0 Å². The first-order valence-corrected chi connectivity index (χ1v) is 13.4. The van der Waals surface area contributed by atoms with Gasteiger partial charge < -0.3 is 24.4 Å². The minimum absolute atomic E-state index is 0.0523. The lowest BCUT2D eigenvalue weighted by atomic mass is 9.90. The monoisotopic (exact) mass is 532 g/mol. The summed E-state index contributed by atoms with van der Waals surface area (Å²) < 4.78 is 18.4. The van der Waals surface area contributed by atoms with Gasteiger partial charge in [0.2, 0.25) is 6.79 Å². The van der Waals surface area contributed by atoms with Crippen molar-refractivity contribution in [3.63, 3.8) is 0 Å². The molecule has 206 valence electrons. The van der Waals surface area contributed by atoms with Crippen molar-refractivity contribution in [2.45, 2.75) is 65.5 Å². The SMILES string of the molecule is Cc1cccc(C)c1-n1ncc(C(=O)NCc2ccc3c(c2)OCO3)c1C1CCN(C(=O)OC(C)(C)C)CC1. The molecule has 2 aromatic carbocycles. The molecular formula is C30H36N4O5. The zero-order valence-electron chi connectivity index (χ0n) is 23.2. The number of para-hydroxylation sites is 1. The smallest absolute Gasteiger partial charge is 0.410 e. The molecule has 0 unspecified atom stereocenters. The summed E-state index contributed by atoms with van der Waals surface area (Å²) in [6.07, 6.45) is 2.78. The molecule has 5 rings (SSSR count). The number of carbonyl (C=O) groups is 2. The van der Waals surface area contributed by atoms with Crippen LogP contribution in [0, 0.1) is 13.8 Å². The molecule has 39 heavy (non-hydrogen) atoms. The van der Waals surface area contributed by atoms with Crippen molar-refractivity contribution < 1.29 is 23.8 Å². The highest BCUT2D eigenvalue weighted by Crippen LogP contribution is 2.35. The van der Waals surface area contributed by atoms with E-state index in [-0.39, 0.29) is 24.7 Å². The molecule has 3 heterocycles. The Bertz CT molecular complexity index is 1360. The van der Waals surface area contributed by atoms with Crippen molar-refractivity contribution >= 4 is 12.0 Å². The van der Waals surface area contributed by atoms with Crippen LogP contribution in [0.5, 0.6) is 11.5 Å². The van der Waals surface area contributed by atoms with E-state index in [9.17, 15) is 9.59 Å². The molecule has 1 saturated heterocycles. The predicted molar refractivity (Wildman–Crippen MR) is 147 cm³/mol. The Balaban J connectivity index is 1.40. The van der Waals surface area contributed by atoms with Crippen LogP contribution in [0.3, 0.4) is 0 Å². The molecule has 0 aliphatic carbocycles. The van der Waals surface area contributed by atoms with Gasteiger partial charge in [0, 0.05) is 25.6 Å². The van der Waals surface area contributed by atoms with Crippen LogP contribution >= 0.6 is 0 Å². The number of fused-ring (bicyclic) bond motifs is 1. The third-order valence-corrected chi connectivity index (χ3v) is 7.13. The number of aromatic nitrogens is 2. The van der Waals surface area contributed by atoms with Gasteiger partial charge in [0.05, 0.1) is 23.1 Å². The van der Waals surface area contributed by atoms with Crippen LogP contribution in [0.15, 0.2) is 42.6 Å². The maximum absolute atomic E-state index is 13.6. The van der Waals surface area contributed by atoms with Gasteiger partial charge in [-0.05, 0) is 76.3 Å².